The van der Waals surface area contributed by atoms with Gasteiger partial charge in [0, 0.05) is 5.75 Å². The Labute approximate surface area is 114 Å². The number of thioether (sulfide) groups is 1. The molecule has 1 aliphatic heterocycles. The first-order valence-corrected chi connectivity index (χ1v) is 6.72. The zero-order valence-electron chi connectivity index (χ0n) is 10.0. The molecule has 19 heavy (non-hydrogen) atoms. The molecule has 7 heteroatoms. The van der Waals surface area contributed by atoms with Gasteiger partial charge in [-0.2, -0.15) is 0 Å². The van der Waals surface area contributed by atoms with E-state index in [1.54, 1.807) is 23.9 Å². The summed E-state index contributed by atoms with van der Waals surface area (Å²) >= 11 is 1.55. The Kier molecular flexibility index (Phi) is 4.28. The van der Waals surface area contributed by atoms with Crippen molar-refractivity contribution in [3.05, 3.63) is 29.8 Å². The molecule has 102 valence electrons. The zero-order chi connectivity index (χ0) is 13.8. The fourth-order valence-electron chi connectivity index (χ4n) is 1.70. The van der Waals surface area contributed by atoms with Gasteiger partial charge >= 0.3 is 5.97 Å². The molecule has 0 bridgehead atoms. The van der Waals surface area contributed by atoms with Crippen molar-refractivity contribution in [2.45, 2.75) is 11.4 Å². The summed E-state index contributed by atoms with van der Waals surface area (Å²) in [6.45, 7) is -0.156. The fraction of sp³-hybridized carbons (Fsp3) is 0.333. The standard InChI is InChI=1S/C12H14N2O4S/c13-10(15)5-18-8-3-1-7(2-4-8)11-14-9(6-19-11)12(16)17/h1-4,9,11,14H,5-6H2,(H2,13,15)(H,16,17)/t9-,11+/m1/s1. The van der Waals surface area contributed by atoms with E-state index in [1.807, 2.05) is 12.1 Å². The lowest BCUT2D eigenvalue weighted by atomic mass is 10.2. The SMILES string of the molecule is NC(=O)COc1ccc([C@H]2N[C@@H](C(=O)O)CS2)cc1. The van der Waals surface area contributed by atoms with Gasteiger partial charge in [-0.3, -0.25) is 14.9 Å². The van der Waals surface area contributed by atoms with Gasteiger partial charge in [-0.25, -0.2) is 0 Å². The summed E-state index contributed by atoms with van der Waals surface area (Å²) in [6.07, 6.45) is 0. The maximum atomic E-state index is 10.8. The number of carboxylic acid groups (broad SMARTS) is 1. The normalized spacial score (nSPS) is 22.1. The van der Waals surface area contributed by atoms with Crippen molar-refractivity contribution >= 4 is 23.6 Å². The topological polar surface area (TPSA) is 102 Å². The molecule has 1 aromatic carbocycles. The number of amides is 1. The van der Waals surface area contributed by atoms with Gasteiger partial charge in [-0.1, -0.05) is 12.1 Å². The van der Waals surface area contributed by atoms with Crippen LogP contribution in [0.2, 0.25) is 0 Å². The van der Waals surface area contributed by atoms with Crippen molar-refractivity contribution in [3.63, 3.8) is 0 Å². The van der Waals surface area contributed by atoms with E-state index in [0.717, 1.165) is 5.56 Å². The molecule has 1 amide bonds. The van der Waals surface area contributed by atoms with Gasteiger partial charge in [0.2, 0.25) is 0 Å². The predicted octanol–water partition coefficient (Wildman–Crippen LogP) is 0.339. The third-order valence-corrected chi connectivity index (χ3v) is 3.91. The van der Waals surface area contributed by atoms with E-state index in [1.165, 1.54) is 0 Å². The molecule has 2 rings (SSSR count). The van der Waals surface area contributed by atoms with Gasteiger partial charge in [0.15, 0.2) is 6.61 Å². The first-order valence-electron chi connectivity index (χ1n) is 5.68. The predicted molar refractivity (Wildman–Crippen MR) is 70.9 cm³/mol. The molecule has 1 saturated heterocycles. The van der Waals surface area contributed by atoms with E-state index in [4.69, 9.17) is 15.6 Å². The molecule has 1 aromatic rings. The van der Waals surface area contributed by atoms with Crippen LogP contribution in [0.5, 0.6) is 5.75 Å². The Hall–Kier alpha value is -1.73. The van der Waals surface area contributed by atoms with Crippen molar-refractivity contribution in [3.8, 4) is 5.75 Å². The lowest BCUT2D eigenvalue weighted by Crippen LogP contribution is -2.33. The van der Waals surface area contributed by atoms with E-state index >= 15 is 0 Å². The molecule has 1 aliphatic rings. The van der Waals surface area contributed by atoms with Crippen LogP contribution in [0.1, 0.15) is 10.9 Å². The quantitative estimate of drug-likeness (QED) is 0.720. The minimum atomic E-state index is -0.837. The Morgan fingerprint density at radius 3 is 2.63 bits per heavy atom. The smallest absolute Gasteiger partial charge is 0.321 e. The van der Waals surface area contributed by atoms with E-state index in [9.17, 15) is 9.59 Å². The van der Waals surface area contributed by atoms with E-state index < -0.39 is 17.9 Å². The number of primary amides is 1. The molecule has 6 nitrogen and oxygen atoms in total. The van der Waals surface area contributed by atoms with Crippen LogP contribution in [-0.2, 0) is 9.59 Å². The molecule has 0 unspecified atom stereocenters. The molecule has 4 N–H and O–H groups in total. The number of carbonyl (C=O) groups is 2. The Balaban J connectivity index is 1.95. The number of hydrogen-bond donors (Lipinski definition) is 3. The Morgan fingerprint density at radius 1 is 1.42 bits per heavy atom. The second-order valence-corrected chi connectivity index (χ2v) is 5.23. The number of carbonyl (C=O) groups excluding carboxylic acids is 1. The molecule has 0 saturated carbocycles. The van der Waals surface area contributed by atoms with Crippen molar-refractivity contribution in [2.75, 3.05) is 12.4 Å². The van der Waals surface area contributed by atoms with Crippen molar-refractivity contribution in [2.24, 2.45) is 5.73 Å². The van der Waals surface area contributed by atoms with Crippen LogP contribution in [0.3, 0.4) is 0 Å². The highest BCUT2D eigenvalue weighted by Crippen LogP contribution is 2.33. The molecule has 1 heterocycles. The monoisotopic (exact) mass is 282 g/mol. The van der Waals surface area contributed by atoms with Crippen LogP contribution in [0.4, 0.5) is 0 Å². The van der Waals surface area contributed by atoms with Crippen LogP contribution < -0.4 is 15.8 Å². The lowest BCUT2D eigenvalue weighted by molar-refractivity contribution is -0.138. The summed E-state index contributed by atoms with van der Waals surface area (Å²) in [4.78, 5) is 21.4. The highest BCUT2D eigenvalue weighted by Gasteiger charge is 2.30. The molecular weight excluding hydrogens is 268 g/mol. The number of ether oxygens (including phenoxy) is 1. The molecular formula is C12H14N2O4S. The summed E-state index contributed by atoms with van der Waals surface area (Å²) in [5.74, 6) is -0.266. The average Bonchev–Trinajstić information content (AvgIpc) is 2.86. The number of aliphatic carboxylic acids is 1. The van der Waals surface area contributed by atoms with E-state index in [2.05, 4.69) is 5.32 Å². The third kappa shape index (κ3) is 3.62. The highest BCUT2D eigenvalue weighted by molar-refractivity contribution is 7.99. The first-order chi connectivity index (χ1) is 9.06. The van der Waals surface area contributed by atoms with Crippen LogP contribution in [0.15, 0.2) is 24.3 Å². The number of hydrogen-bond acceptors (Lipinski definition) is 5. The van der Waals surface area contributed by atoms with Crippen molar-refractivity contribution < 1.29 is 19.4 Å². The molecule has 0 aromatic heterocycles. The fourth-order valence-corrected chi connectivity index (χ4v) is 2.93. The zero-order valence-corrected chi connectivity index (χ0v) is 10.9. The first kappa shape index (κ1) is 13.7. The lowest BCUT2D eigenvalue weighted by Gasteiger charge is -2.12. The third-order valence-electron chi connectivity index (χ3n) is 2.64. The summed E-state index contributed by atoms with van der Waals surface area (Å²) in [5, 5.41) is 11.9. The molecule has 0 spiro atoms. The van der Waals surface area contributed by atoms with Crippen molar-refractivity contribution in [1.82, 2.24) is 5.32 Å². The van der Waals surface area contributed by atoms with Gasteiger partial charge in [-0.15, -0.1) is 11.8 Å². The number of benzene rings is 1. The molecule has 0 radical (unpaired) electrons. The van der Waals surface area contributed by atoms with Gasteiger partial charge in [0.1, 0.15) is 11.8 Å². The molecule has 2 atom stereocenters. The minimum absolute atomic E-state index is 0.0358. The summed E-state index contributed by atoms with van der Waals surface area (Å²) in [6, 6.07) is 6.63. The highest BCUT2D eigenvalue weighted by atomic mass is 32.2. The van der Waals surface area contributed by atoms with Crippen LogP contribution >= 0.6 is 11.8 Å². The average molecular weight is 282 g/mol. The molecule has 0 aliphatic carbocycles. The Bertz CT molecular complexity index is 477. The van der Waals surface area contributed by atoms with Gasteiger partial charge < -0.3 is 15.6 Å². The summed E-state index contributed by atoms with van der Waals surface area (Å²) in [7, 11) is 0. The Morgan fingerprint density at radius 2 is 2.11 bits per heavy atom. The minimum Gasteiger partial charge on any atom is -0.484 e. The number of carboxylic acids is 1. The largest absolute Gasteiger partial charge is 0.484 e. The van der Waals surface area contributed by atoms with Crippen LogP contribution in [0, 0.1) is 0 Å². The number of nitrogens with two attached hydrogens (primary N) is 1. The van der Waals surface area contributed by atoms with Crippen LogP contribution in [0.25, 0.3) is 0 Å². The van der Waals surface area contributed by atoms with E-state index in [0.29, 0.717) is 11.5 Å². The summed E-state index contributed by atoms with van der Waals surface area (Å²) in [5.41, 5.74) is 5.95. The number of nitrogens with one attached hydrogen (secondary N) is 1. The summed E-state index contributed by atoms with van der Waals surface area (Å²) < 4.78 is 5.15. The maximum absolute atomic E-state index is 10.8. The van der Waals surface area contributed by atoms with E-state index in [-0.39, 0.29) is 12.0 Å². The van der Waals surface area contributed by atoms with Crippen LogP contribution in [-0.4, -0.2) is 35.4 Å². The number of rotatable bonds is 5. The van der Waals surface area contributed by atoms with Gasteiger partial charge in [0.05, 0.1) is 5.37 Å². The second kappa shape index (κ2) is 5.94. The van der Waals surface area contributed by atoms with Gasteiger partial charge in [0.25, 0.3) is 5.91 Å². The maximum Gasteiger partial charge on any atom is 0.321 e. The van der Waals surface area contributed by atoms with Gasteiger partial charge in [-0.05, 0) is 17.7 Å². The second-order valence-electron chi connectivity index (χ2n) is 4.09. The molecule has 1 fully saturated rings. The van der Waals surface area contributed by atoms with Crippen molar-refractivity contribution in [1.29, 1.82) is 0 Å².